The van der Waals surface area contributed by atoms with Gasteiger partial charge in [-0.3, -0.25) is 9.59 Å². The van der Waals surface area contributed by atoms with E-state index in [0.29, 0.717) is 28.7 Å². The minimum absolute atomic E-state index is 0.0591. The van der Waals surface area contributed by atoms with E-state index in [-0.39, 0.29) is 11.3 Å². The SMILES string of the molecule is O=Cc1cc(Br)cc(Br)c1N1CC(Cl)CC1=O. The normalized spacial score (nSPS) is 19.8. The first-order valence-electron chi connectivity index (χ1n) is 4.91. The predicted octanol–water partition coefficient (Wildman–Crippen LogP) is 3.37. The maximum absolute atomic E-state index is 11.8. The van der Waals surface area contributed by atoms with Crippen LogP contribution in [0.25, 0.3) is 0 Å². The van der Waals surface area contributed by atoms with Crippen molar-refractivity contribution in [2.75, 3.05) is 11.4 Å². The van der Waals surface area contributed by atoms with Gasteiger partial charge in [-0.15, -0.1) is 11.6 Å². The number of carbonyl (C=O) groups is 2. The van der Waals surface area contributed by atoms with Crippen LogP contribution in [0.15, 0.2) is 21.1 Å². The number of hydrogen-bond donors (Lipinski definition) is 0. The molecule has 0 aliphatic carbocycles. The number of rotatable bonds is 2. The molecular weight excluding hydrogens is 373 g/mol. The van der Waals surface area contributed by atoms with Gasteiger partial charge in [0.1, 0.15) is 0 Å². The summed E-state index contributed by atoms with van der Waals surface area (Å²) in [5.41, 5.74) is 1.06. The topological polar surface area (TPSA) is 37.4 Å². The first-order chi connectivity index (χ1) is 8.02. The van der Waals surface area contributed by atoms with E-state index in [1.165, 1.54) is 0 Å². The smallest absolute Gasteiger partial charge is 0.228 e. The van der Waals surface area contributed by atoms with Crippen LogP contribution in [0, 0.1) is 0 Å². The Morgan fingerprint density at radius 2 is 2.12 bits per heavy atom. The van der Waals surface area contributed by atoms with Crippen LogP contribution in [-0.4, -0.2) is 24.1 Å². The molecule has 1 unspecified atom stereocenters. The second kappa shape index (κ2) is 5.08. The Hall–Kier alpha value is -0.390. The maximum Gasteiger partial charge on any atom is 0.228 e. The lowest BCUT2D eigenvalue weighted by atomic mass is 10.2. The maximum atomic E-state index is 11.8. The van der Waals surface area contributed by atoms with Gasteiger partial charge in [0.05, 0.1) is 11.1 Å². The van der Waals surface area contributed by atoms with E-state index in [0.717, 1.165) is 10.8 Å². The number of anilines is 1. The lowest BCUT2D eigenvalue weighted by molar-refractivity contribution is -0.117. The third-order valence-electron chi connectivity index (χ3n) is 2.53. The van der Waals surface area contributed by atoms with Crippen LogP contribution in [0.5, 0.6) is 0 Å². The third kappa shape index (κ3) is 2.56. The molecule has 1 fully saturated rings. The minimum atomic E-state index is -0.197. The zero-order valence-electron chi connectivity index (χ0n) is 8.62. The largest absolute Gasteiger partial charge is 0.309 e. The zero-order chi connectivity index (χ0) is 12.6. The van der Waals surface area contributed by atoms with Gasteiger partial charge in [0, 0.05) is 27.5 Å². The molecule has 1 saturated heterocycles. The summed E-state index contributed by atoms with van der Waals surface area (Å²) in [6.07, 6.45) is 1.04. The highest BCUT2D eigenvalue weighted by molar-refractivity contribution is 9.11. The summed E-state index contributed by atoms with van der Waals surface area (Å²) in [5, 5.41) is -0.197. The van der Waals surface area contributed by atoms with Gasteiger partial charge in [-0.1, -0.05) is 15.9 Å². The Morgan fingerprint density at radius 1 is 1.41 bits per heavy atom. The number of aldehydes is 1. The minimum Gasteiger partial charge on any atom is -0.309 e. The van der Waals surface area contributed by atoms with Crippen LogP contribution in [0.1, 0.15) is 16.8 Å². The Morgan fingerprint density at radius 3 is 2.65 bits per heavy atom. The van der Waals surface area contributed by atoms with E-state index in [9.17, 15) is 9.59 Å². The van der Waals surface area contributed by atoms with Gasteiger partial charge >= 0.3 is 0 Å². The summed E-state index contributed by atoms with van der Waals surface area (Å²) in [4.78, 5) is 24.4. The van der Waals surface area contributed by atoms with Crippen LogP contribution in [0.4, 0.5) is 5.69 Å². The number of nitrogens with zero attached hydrogens (tertiary/aromatic N) is 1. The second-order valence-corrected chi connectivity index (χ2v) is 6.14. The molecule has 0 N–H and O–H groups in total. The highest BCUT2D eigenvalue weighted by Gasteiger charge is 2.31. The van der Waals surface area contributed by atoms with Crippen LogP contribution in [-0.2, 0) is 4.79 Å². The number of halogens is 3. The van der Waals surface area contributed by atoms with Crippen LogP contribution in [0.3, 0.4) is 0 Å². The van der Waals surface area contributed by atoms with E-state index in [1.807, 2.05) is 0 Å². The van der Waals surface area contributed by atoms with E-state index < -0.39 is 0 Å². The van der Waals surface area contributed by atoms with Crippen LogP contribution < -0.4 is 4.90 Å². The molecule has 2 rings (SSSR count). The highest BCUT2D eigenvalue weighted by atomic mass is 79.9. The summed E-state index contributed by atoms with van der Waals surface area (Å²) in [7, 11) is 0. The van der Waals surface area contributed by atoms with Crippen molar-refractivity contribution in [3.63, 3.8) is 0 Å². The molecule has 1 amide bonds. The fourth-order valence-corrected chi connectivity index (χ4v) is 3.58. The van der Waals surface area contributed by atoms with Crippen molar-refractivity contribution >= 4 is 61.3 Å². The Bertz CT molecular complexity index is 493. The summed E-state index contributed by atoms with van der Waals surface area (Å²) in [6.45, 7) is 0.432. The molecule has 1 aromatic carbocycles. The van der Waals surface area contributed by atoms with Crippen molar-refractivity contribution in [3.05, 3.63) is 26.6 Å². The molecule has 0 radical (unpaired) electrons. The number of alkyl halides is 1. The molecule has 1 aromatic rings. The lowest BCUT2D eigenvalue weighted by Crippen LogP contribution is -2.26. The molecule has 6 heteroatoms. The monoisotopic (exact) mass is 379 g/mol. The van der Waals surface area contributed by atoms with Crippen molar-refractivity contribution < 1.29 is 9.59 Å². The van der Waals surface area contributed by atoms with Crippen molar-refractivity contribution in [2.24, 2.45) is 0 Å². The number of benzene rings is 1. The quantitative estimate of drug-likeness (QED) is 0.582. The fourth-order valence-electron chi connectivity index (χ4n) is 1.84. The molecular formula is C11H8Br2ClNO2. The second-order valence-electron chi connectivity index (χ2n) is 3.75. The van der Waals surface area contributed by atoms with Crippen molar-refractivity contribution in [3.8, 4) is 0 Å². The average Bonchev–Trinajstić information content (AvgIpc) is 2.56. The zero-order valence-corrected chi connectivity index (χ0v) is 12.5. The van der Waals surface area contributed by atoms with Gasteiger partial charge < -0.3 is 4.90 Å². The molecule has 1 aliphatic heterocycles. The summed E-state index contributed by atoms with van der Waals surface area (Å²) in [5.74, 6) is -0.0591. The molecule has 0 aromatic heterocycles. The summed E-state index contributed by atoms with van der Waals surface area (Å²) < 4.78 is 1.48. The molecule has 1 atom stereocenters. The van der Waals surface area contributed by atoms with Gasteiger partial charge in [-0.2, -0.15) is 0 Å². The third-order valence-corrected chi connectivity index (χ3v) is 3.89. The van der Waals surface area contributed by atoms with Crippen LogP contribution >= 0.6 is 43.5 Å². The van der Waals surface area contributed by atoms with Gasteiger partial charge in [0.2, 0.25) is 5.91 Å². The Kier molecular flexibility index (Phi) is 3.90. The number of hydrogen-bond acceptors (Lipinski definition) is 2. The van der Waals surface area contributed by atoms with Gasteiger partial charge in [0.15, 0.2) is 6.29 Å². The molecule has 1 heterocycles. The van der Waals surface area contributed by atoms with E-state index in [2.05, 4.69) is 31.9 Å². The standard InChI is InChI=1S/C11H8Br2ClNO2/c12-7-1-6(5-16)11(9(13)2-7)15-4-8(14)3-10(15)17/h1-2,5,8H,3-4H2. The molecule has 0 bridgehead atoms. The number of carbonyl (C=O) groups excluding carboxylic acids is 2. The number of amides is 1. The van der Waals surface area contributed by atoms with Crippen molar-refractivity contribution in [1.82, 2.24) is 0 Å². The van der Waals surface area contributed by atoms with Gasteiger partial charge in [0.25, 0.3) is 0 Å². The molecule has 17 heavy (non-hydrogen) atoms. The predicted molar refractivity (Wildman–Crippen MR) is 73.8 cm³/mol. The molecule has 0 spiro atoms. The summed E-state index contributed by atoms with van der Waals surface area (Å²) in [6, 6.07) is 3.49. The first kappa shape index (κ1) is 13.1. The van der Waals surface area contributed by atoms with E-state index >= 15 is 0 Å². The van der Waals surface area contributed by atoms with Gasteiger partial charge in [-0.05, 0) is 28.1 Å². The first-order valence-corrected chi connectivity index (χ1v) is 6.94. The summed E-state index contributed by atoms with van der Waals surface area (Å²) >= 11 is 12.6. The molecule has 0 saturated carbocycles. The molecule has 3 nitrogen and oxygen atoms in total. The lowest BCUT2D eigenvalue weighted by Gasteiger charge is -2.19. The van der Waals surface area contributed by atoms with Crippen molar-refractivity contribution in [1.29, 1.82) is 0 Å². The van der Waals surface area contributed by atoms with E-state index in [4.69, 9.17) is 11.6 Å². The Labute approximate surface area is 120 Å². The fraction of sp³-hybridized carbons (Fsp3) is 0.273. The van der Waals surface area contributed by atoms with Gasteiger partial charge in [-0.25, -0.2) is 0 Å². The average molecular weight is 381 g/mol. The highest BCUT2D eigenvalue weighted by Crippen LogP contribution is 2.35. The Balaban J connectivity index is 2.51. The van der Waals surface area contributed by atoms with E-state index in [1.54, 1.807) is 17.0 Å². The van der Waals surface area contributed by atoms with Crippen molar-refractivity contribution in [2.45, 2.75) is 11.8 Å². The molecule has 1 aliphatic rings. The van der Waals surface area contributed by atoms with Crippen LogP contribution in [0.2, 0.25) is 0 Å². The molecule has 90 valence electrons.